The molecular formula is C11H17N3O. The molecule has 0 radical (unpaired) electrons. The second-order valence-corrected chi connectivity index (χ2v) is 3.35. The number of rotatable bonds is 5. The van der Waals surface area contributed by atoms with Gasteiger partial charge in [0.25, 0.3) is 0 Å². The lowest BCUT2D eigenvalue weighted by molar-refractivity contribution is 0.286. The lowest BCUT2D eigenvalue weighted by Crippen LogP contribution is -2.06. The van der Waals surface area contributed by atoms with Gasteiger partial charge >= 0.3 is 0 Å². The molecule has 0 bridgehead atoms. The van der Waals surface area contributed by atoms with E-state index >= 15 is 0 Å². The van der Waals surface area contributed by atoms with Crippen molar-refractivity contribution in [3.05, 3.63) is 11.8 Å². The maximum Gasteiger partial charge on any atom is 0.218 e. The summed E-state index contributed by atoms with van der Waals surface area (Å²) in [5.74, 6) is 0.627. The van der Waals surface area contributed by atoms with Crippen LogP contribution in [-0.2, 0) is 6.54 Å². The van der Waals surface area contributed by atoms with E-state index in [4.69, 9.17) is 15.7 Å². The Morgan fingerprint density at radius 2 is 2.27 bits per heavy atom. The van der Waals surface area contributed by atoms with Crippen LogP contribution in [0.5, 0.6) is 5.88 Å². The molecular weight excluding hydrogens is 190 g/mol. The molecule has 0 aliphatic carbocycles. The van der Waals surface area contributed by atoms with Crippen LogP contribution in [0.1, 0.15) is 32.4 Å². The molecule has 0 aliphatic rings. The van der Waals surface area contributed by atoms with Crippen LogP contribution in [-0.4, -0.2) is 11.2 Å². The first-order valence-corrected chi connectivity index (χ1v) is 5.26. The summed E-state index contributed by atoms with van der Waals surface area (Å²) in [4.78, 5) is 0. The van der Waals surface area contributed by atoms with Crippen LogP contribution in [0.3, 0.4) is 0 Å². The lowest BCUT2D eigenvalue weighted by Gasteiger charge is -2.09. The van der Waals surface area contributed by atoms with E-state index in [1.165, 1.54) is 0 Å². The predicted octanol–water partition coefficient (Wildman–Crippen LogP) is 2.14. The molecule has 0 saturated heterocycles. The van der Waals surface area contributed by atoms with Gasteiger partial charge in [0.15, 0.2) is 0 Å². The Morgan fingerprint density at radius 1 is 1.53 bits per heavy atom. The van der Waals surface area contributed by atoms with Gasteiger partial charge in [-0.3, -0.25) is 0 Å². The summed E-state index contributed by atoms with van der Waals surface area (Å²) in [5, 5.41) is 8.88. The molecule has 0 atom stereocenters. The number of hydrogen-bond acceptors (Lipinski definition) is 3. The van der Waals surface area contributed by atoms with Gasteiger partial charge in [0, 0.05) is 12.6 Å². The minimum absolute atomic E-state index is 0.546. The Labute approximate surface area is 90.3 Å². The normalized spacial score (nSPS) is 9.93. The van der Waals surface area contributed by atoms with Crippen molar-refractivity contribution in [2.24, 2.45) is 0 Å². The van der Waals surface area contributed by atoms with Crippen molar-refractivity contribution in [3.8, 4) is 11.9 Å². The second-order valence-electron chi connectivity index (χ2n) is 3.35. The zero-order valence-electron chi connectivity index (χ0n) is 9.29. The first-order chi connectivity index (χ1) is 7.24. The van der Waals surface area contributed by atoms with Crippen molar-refractivity contribution < 1.29 is 4.74 Å². The third-order valence-corrected chi connectivity index (χ3v) is 2.24. The lowest BCUT2D eigenvalue weighted by atomic mass is 10.4. The van der Waals surface area contributed by atoms with E-state index in [1.54, 1.807) is 10.6 Å². The minimum Gasteiger partial charge on any atom is -0.477 e. The molecule has 4 heteroatoms. The summed E-state index contributed by atoms with van der Waals surface area (Å²) in [6, 6.07) is 3.76. The summed E-state index contributed by atoms with van der Waals surface area (Å²) < 4.78 is 7.37. The van der Waals surface area contributed by atoms with E-state index < -0.39 is 0 Å². The predicted molar refractivity (Wildman–Crippen MR) is 59.6 cm³/mol. The smallest absolute Gasteiger partial charge is 0.218 e. The summed E-state index contributed by atoms with van der Waals surface area (Å²) in [5.41, 5.74) is 6.88. The Kier molecular flexibility index (Phi) is 4.04. The summed E-state index contributed by atoms with van der Waals surface area (Å²) in [6.07, 6.45) is 2.08. The van der Waals surface area contributed by atoms with Gasteiger partial charge in [-0.15, -0.1) is 0 Å². The minimum atomic E-state index is 0.546. The molecule has 0 aliphatic heterocycles. The molecule has 0 fully saturated rings. The van der Waals surface area contributed by atoms with Crippen LogP contribution < -0.4 is 10.5 Å². The van der Waals surface area contributed by atoms with Crippen molar-refractivity contribution in [2.75, 3.05) is 12.3 Å². The van der Waals surface area contributed by atoms with E-state index in [0.717, 1.165) is 12.8 Å². The van der Waals surface area contributed by atoms with Gasteiger partial charge in [0.05, 0.1) is 12.3 Å². The second kappa shape index (κ2) is 5.30. The first kappa shape index (κ1) is 11.4. The Morgan fingerprint density at radius 3 is 2.80 bits per heavy atom. The average molecular weight is 207 g/mol. The number of ether oxygens (including phenoxy) is 1. The van der Waals surface area contributed by atoms with Crippen LogP contribution >= 0.6 is 0 Å². The summed E-state index contributed by atoms with van der Waals surface area (Å²) in [6.45, 7) is 5.41. The number of hydrogen-bond donors (Lipinski definition) is 1. The van der Waals surface area contributed by atoms with Gasteiger partial charge in [-0.25, -0.2) is 0 Å². The quantitative estimate of drug-likeness (QED) is 0.752. The van der Waals surface area contributed by atoms with Gasteiger partial charge in [-0.05, 0) is 13.3 Å². The molecule has 82 valence electrons. The maximum atomic E-state index is 8.88. The SMILES string of the molecule is CCCCOc1c(N)cc(C#N)n1CC. The Balaban J connectivity index is 2.86. The first-order valence-electron chi connectivity index (χ1n) is 5.26. The number of aromatic nitrogens is 1. The van der Waals surface area contributed by atoms with Crippen molar-refractivity contribution >= 4 is 5.69 Å². The third kappa shape index (κ3) is 2.44. The van der Waals surface area contributed by atoms with Crippen molar-refractivity contribution in [3.63, 3.8) is 0 Å². The monoisotopic (exact) mass is 207 g/mol. The van der Waals surface area contributed by atoms with Crippen molar-refractivity contribution in [1.29, 1.82) is 5.26 Å². The molecule has 2 N–H and O–H groups in total. The zero-order valence-corrected chi connectivity index (χ0v) is 9.29. The number of unbranched alkanes of at least 4 members (excludes halogenated alkanes) is 1. The topological polar surface area (TPSA) is 64.0 Å². The fraction of sp³-hybridized carbons (Fsp3) is 0.545. The Hall–Kier alpha value is -1.63. The molecule has 0 spiro atoms. The van der Waals surface area contributed by atoms with E-state index in [0.29, 0.717) is 30.4 Å². The van der Waals surface area contributed by atoms with E-state index in [1.807, 2.05) is 6.92 Å². The van der Waals surface area contributed by atoms with Crippen LogP contribution in [0.15, 0.2) is 6.07 Å². The number of anilines is 1. The number of nitriles is 1. The van der Waals surface area contributed by atoms with Crippen LogP contribution in [0.2, 0.25) is 0 Å². The van der Waals surface area contributed by atoms with Crippen LogP contribution in [0, 0.1) is 11.3 Å². The molecule has 0 aromatic carbocycles. The van der Waals surface area contributed by atoms with Crippen LogP contribution in [0.25, 0.3) is 0 Å². The molecule has 15 heavy (non-hydrogen) atoms. The third-order valence-electron chi connectivity index (χ3n) is 2.24. The van der Waals surface area contributed by atoms with Crippen molar-refractivity contribution in [2.45, 2.75) is 33.2 Å². The van der Waals surface area contributed by atoms with E-state index in [-0.39, 0.29) is 0 Å². The molecule has 0 saturated carbocycles. The summed E-state index contributed by atoms with van der Waals surface area (Å²) in [7, 11) is 0. The van der Waals surface area contributed by atoms with Gasteiger partial charge in [0.1, 0.15) is 11.8 Å². The van der Waals surface area contributed by atoms with Gasteiger partial charge in [0.2, 0.25) is 5.88 Å². The highest BCUT2D eigenvalue weighted by molar-refractivity contribution is 5.55. The Bertz CT molecular complexity index is 363. The van der Waals surface area contributed by atoms with Gasteiger partial charge in [-0.2, -0.15) is 5.26 Å². The fourth-order valence-electron chi connectivity index (χ4n) is 1.43. The molecule has 0 amide bonds. The largest absolute Gasteiger partial charge is 0.477 e. The van der Waals surface area contributed by atoms with Gasteiger partial charge in [-0.1, -0.05) is 13.3 Å². The molecule has 1 aromatic heterocycles. The van der Waals surface area contributed by atoms with Crippen molar-refractivity contribution in [1.82, 2.24) is 4.57 Å². The standard InChI is InChI=1S/C11H17N3O/c1-3-5-6-15-11-10(13)7-9(8-12)14(11)4-2/h7H,3-6,13H2,1-2H3. The molecule has 0 unspecified atom stereocenters. The highest BCUT2D eigenvalue weighted by atomic mass is 16.5. The molecule has 1 heterocycles. The maximum absolute atomic E-state index is 8.88. The summed E-state index contributed by atoms with van der Waals surface area (Å²) >= 11 is 0. The number of nitrogens with two attached hydrogens (primary N) is 1. The zero-order chi connectivity index (χ0) is 11.3. The number of nitrogen functional groups attached to an aromatic ring is 1. The van der Waals surface area contributed by atoms with Gasteiger partial charge < -0.3 is 15.0 Å². The highest BCUT2D eigenvalue weighted by Gasteiger charge is 2.12. The molecule has 4 nitrogen and oxygen atoms in total. The molecule has 1 rings (SSSR count). The van der Waals surface area contributed by atoms with E-state index in [9.17, 15) is 0 Å². The van der Waals surface area contributed by atoms with E-state index in [2.05, 4.69) is 13.0 Å². The molecule has 1 aromatic rings. The highest BCUT2D eigenvalue weighted by Crippen LogP contribution is 2.26. The average Bonchev–Trinajstić information content (AvgIpc) is 2.55. The fourth-order valence-corrected chi connectivity index (χ4v) is 1.43. The number of nitrogens with zero attached hydrogens (tertiary/aromatic N) is 2. The van der Waals surface area contributed by atoms with Crippen LogP contribution in [0.4, 0.5) is 5.69 Å².